The maximum absolute atomic E-state index is 13.7. The fraction of sp³-hybridized carbons (Fsp3) is 0.0667. The Bertz CT molecular complexity index is 866. The second-order valence-electron chi connectivity index (χ2n) is 4.51. The van der Waals surface area contributed by atoms with Gasteiger partial charge in [-0.2, -0.15) is 0 Å². The summed E-state index contributed by atoms with van der Waals surface area (Å²) < 4.78 is 27.2. The van der Waals surface area contributed by atoms with Crippen molar-refractivity contribution < 1.29 is 8.78 Å². The van der Waals surface area contributed by atoms with Gasteiger partial charge < -0.3 is 0 Å². The lowest BCUT2D eigenvalue weighted by Gasteiger charge is -2.08. The average molecular weight is 325 g/mol. The summed E-state index contributed by atoms with van der Waals surface area (Å²) >= 11 is 12.0. The van der Waals surface area contributed by atoms with Gasteiger partial charge in [-0.25, -0.2) is 18.7 Å². The molecule has 0 aliphatic rings. The molecule has 0 fully saturated rings. The van der Waals surface area contributed by atoms with E-state index < -0.39 is 11.6 Å². The zero-order chi connectivity index (χ0) is 15.1. The minimum Gasteiger partial charge on any atom is -0.227 e. The fourth-order valence-electron chi connectivity index (χ4n) is 2.07. The lowest BCUT2D eigenvalue weighted by molar-refractivity contribution is 0.620. The number of hydrogen-bond donors (Lipinski definition) is 0. The maximum atomic E-state index is 13.7. The molecule has 0 saturated carbocycles. The van der Waals surface area contributed by atoms with Gasteiger partial charge in [0.2, 0.25) is 0 Å². The lowest BCUT2D eigenvalue weighted by Crippen LogP contribution is -1.96. The summed E-state index contributed by atoms with van der Waals surface area (Å²) in [5.41, 5.74) is 1.04. The summed E-state index contributed by atoms with van der Waals surface area (Å²) in [6.07, 6.45) is 0. The molecule has 0 spiro atoms. The third-order valence-electron chi connectivity index (χ3n) is 3.20. The zero-order valence-electron chi connectivity index (χ0n) is 10.8. The standard InChI is InChI=1S/C15H8Cl2F2N2/c1-7-10(18)6-5-9-13(7)20-15(21-14(9)17)8-3-2-4-11(19)12(8)16/h2-6H,1H3. The first-order valence-electron chi connectivity index (χ1n) is 6.06. The molecule has 0 bridgehead atoms. The largest absolute Gasteiger partial charge is 0.227 e. The van der Waals surface area contributed by atoms with E-state index in [1.54, 1.807) is 13.0 Å². The molecular formula is C15H8Cl2F2N2. The minimum atomic E-state index is -0.579. The predicted octanol–water partition coefficient (Wildman–Crippen LogP) is 5.19. The Kier molecular flexibility index (Phi) is 3.51. The Morgan fingerprint density at radius 1 is 0.952 bits per heavy atom. The number of hydrogen-bond acceptors (Lipinski definition) is 2. The Morgan fingerprint density at radius 2 is 1.71 bits per heavy atom. The molecule has 1 aromatic heterocycles. The van der Waals surface area contributed by atoms with Gasteiger partial charge in [0.25, 0.3) is 0 Å². The topological polar surface area (TPSA) is 25.8 Å². The van der Waals surface area contributed by atoms with Crippen molar-refractivity contribution in [2.24, 2.45) is 0 Å². The molecular weight excluding hydrogens is 317 g/mol. The number of nitrogens with zero attached hydrogens (tertiary/aromatic N) is 2. The molecule has 0 atom stereocenters. The molecule has 6 heteroatoms. The SMILES string of the molecule is Cc1c(F)ccc2c(Cl)nc(-c3cccc(F)c3Cl)nc12. The predicted molar refractivity (Wildman–Crippen MR) is 79.6 cm³/mol. The van der Waals surface area contributed by atoms with Crippen LogP contribution in [0.2, 0.25) is 10.2 Å². The number of aryl methyl sites for hydroxylation is 1. The van der Waals surface area contributed by atoms with Crippen LogP contribution in [-0.2, 0) is 0 Å². The highest BCUT2D eigenvalue weighted by Crippen LogP contribution is 2.32. The first kappa shape index (κ1) is 14.2. The summed E-state index contributed by atoms with van der Waals surface area (Å²) in [7, 11) is 0. The van der Waals surface area contributed by atoms with Crippen molar-refractivity contribution in [2.75, 3.05) is 0 Å². The number of fused-ring (bicyclic) bond motifs is 1. The third-order valence-corrected chi connectivity index (χ3v) is 3.87. The van der Waals surface area contributed by atoms with Crippen molar-refractivity contribution in [3.63, 3.8) is 0 Å². The van der Waals surface area contributed by atoms with Gasteiger partial charge in [-0.1, -0.05) is 29.3 Å². The highest BCUT2D eigenvalue weighted by molar-refractivity contribution is 6.35. The Labute approximate surface area is 129 Å². The van der Waals surface area contributed by atoms with E-state index in [0.29, 0.717) is 22.0 Å². The van der Waals surface area contributed by atoms with Crippen LogP contribution in [0.4, 0.5) is 8.78 Å². The van der Waals surface area contributed by atoms with Gasteiger partial charge in [0.15, 0.2) is 5.82 Å². The second-order valence-corrected chi connectivity index (χ2v) is 5.24. The van der Waals surface area contributed by atoms with E-state index in [2.05, 4.69) is 9.97 Å². The summed E-state index contributed by atoms with van der Waals surface area (Å²) in [5, 5.41) is 0.604. The molecule has 3 aromatic rings. The van der Waals surface area contributed by atoms with E-state index in [4.69, 9.17) is 23.2 Å². The van der Waals surface area contributed by atoms with Crippen LogP contribution in [0.25, 0.3) is 22.3 Å². The quantitative estimate of drug-likeness (QED) is 0.575. The molecule has 0 saturated heterocycles. The summed E-state index contributed by atoms with van der Waals surface area (Å²) in [6, 6.07) is 7.13. The maximum Gasteiger partial charge on any atom is 0.163 e. The van der Waals surface area contributed by atoms with Gasteiger partial charge >= 0.3 is 0 Å². The third kappa shape index (κ3) is 2.34. The van der Waals surface area contributed by atoms with Crippen molar-refractivity contribution in [1.29, 1.82) is 0 Å². The summed E-state index contributed by atoms with van der Waals surface area (Å²) in [5.74, 6) is -0.816. The van der Waals surface area contributed by atoms with Gasteiger partial charge in [0.05, 0.1) is 10.5 Å². The molecule has 3 rings (SSSR count). The molecule has 0 radical (unpaired) electrons. The van der Waals surface area contributed by atoms with Crippen LogP contribution in [0.3, 0.4) is 0 Å². The van der Waals surface area contributed by atoms with Crippen LogP contribution in [0.15, 0.2) is 30.3 Å². The van der Waals surface area contributed by atoms with Gasteiger partial charge in [-0.05, 0) is 31.2 Å². The number of benzene rings is 2. The van der Waals surface area contributed by atoms with Crippen LogP contribution in [0.5, 0.6) is 0 Å². The van der Waals surface area contributed by atoms with E-state index >= 15 is 0 Å². The normalized spacial score (nSPS) is 11.1. The van der Waals surface area contributed by atoms with Gasteiger partial charge in [0, 0.05) is 16.5 Å². The molecule has 0 aliphatic carbocycles. The van der Waals surface area contributed by atoms with Crippen molar-refractivity contribution in [2.45, 2.75) is 6.92 Å². The summed E-state index contributed by atoms with van der Waals surface area (Å²) in [4.78, 5) is 8.41. The van der Waals surface area contributed by atoms with Gasteiger partial charge in [0.1, 0.15) is 16.8 Å². The van der Waals surface area contributed by atoms with E-state index in [9.17, 15) is 8.78 Å². The number of halogens is 4. The molecule has 0 amide bonds. The van der Waals surface area contributed by atoms with E-state index in [1.807, 2.05) is 0 Å². The smallest absolute Gasteiger partial charge is 0.163 e. The Hall–Kier alpha value is -1.78. The molecule has 2 aromatic carbocycles. The molecule has 0 unspecified atom stereocenters. The molecule has 0 aliphatic heterocycles. The second kappa shape index (κ2) is 5.20. The van der Waals surface area contributed by atoms with Gasteiger partial charge in [-0.3, -0.25) is 0 Å². The summed E-state index contributed by atoms with van der Waals surface area (Å²) in [6.45, 7) is 1.60. The van der Waals surface area contributed by atoms with E-state index in [0.717, 1.165) is 0 Å². The first-order chi connectivity index (χ1) is 9.99. The van der Waals surface area contributed by atoms with Crippen LogP contribution in [0, 0.1) is 18.6 Å². The molecule has 0 N–H and O–H groups in total. The number of rotatable bonds is 1. The highest BCUT2D eigenvalue weighted by Gasteiger charge is 2.15. The van der Waals surface area contributed by atoms with E-state index in [1.165, 1.54) is 24.3 Å². The van der Waals surface area contributed by atoms with Crippen LogP contribution < -0.4 is 0 Å². The van der Waals surface area contributed by atoms with Crippen molar-refractivity contribution in [3.05, 3.63) is 57.7 Å². The number of aromatic nitrogens is 2. The fourth-order valence-corrected chi connectivity index (χ4v) is 2.51. The Morgan fingerprint density at radius 3 is 2.48 bits per heavy atom. The monoisotopic (exact) mass is 324 g/mol. The molecule has 1 heterocycles. The lowest BCUT2D eigenvalue weighted by atomic mass is 10.1. The Balaban J connectivity index is 2.35. The first-order valence-corrected chi connectivity index (χ1v) is 6.81. The van der Waals surface area contributed by atoms with E-state index in [-0.39, 0.29) is 16.0 Å². The van der Waals surface area contributed by atoms with Crippen LogP contribution in [0.1, 0.15) is 5.56 Å². The van der Waals surface area contributed by atoms with Crippen molar-refractivity contribution >= 4 is 34.1 Å². The highest BCUT2D eigenvalue weighted by atomic mass is 35.5. The molecule has 106 valence electrons. The van der Waals surface area contributed by atoms with Gasteiger partial charge in [-0.15, -0.1) is 0 Å². The molecule has 2 nitrogen and oxygen atoms in total. The van der Waals surface area contributed by atoms with Crippen molar-refractivity contribution in [3.8, 4) is 11.4 Å². The minimum absolute atomic E-state index is 0.0954. The average Bonchev–Trinajstić information content (AvgIpc) is 2.46. The zero-order valence-corrected chi connectivity index (χ0v) is 12.3. The van der Waals surface area contributed by atoms with Crippen LogP contribution >= 0.6 is 23.2 Å². The van der Waals surface area contributed by atoms with Crippen molar-refractivity contribution in [1.82, 2.24) is 9.97 Å². The molecule has 21 heavy (non-hydrogen) atoms. The van der Waals surface area contributed by atoms with Crippen LogP contribution in [-0.4, -0.2) is 9.97 Å².